The standard InChI is InChI=1S/C19H18/c1-12-8-13-10-16-15-6-4-5-7-17(15)19(2,3)18(16)11-14(13)9-12/h4-7,9-11H,8H2,1-3H3. The molecule has 0 heterocycles. The molecule has 94 valence electrons. The van der Waals surface area contributed by atoms with Crippen LogP contribution in [0.15, 0.2) is 42.0 Å². The number of allylic oxidation sites excluding steroid dienone is 1. The fraction of sp³-hybridized carbons (Fsp3) is 0.263. The molecule has 0 nitrogen and oxygen atoms in total. The first kappa shape index (κ1) is 11.0. The van der Waals surface area contributed by atoms with E-state index in [9.17, 15) is 0 Å². The number of rotatable bonds is 0. The van der Waals surface area contributed by atoms with Crippen molar-refractivity contribution in [2.75, 3.05) is 0 Å². The third-order valence-corrected chi connectivity index (χ3v) is 4.71. The Balaban J connectivity index is 2.04. The third kappa shape index (κ3) is 1.35. The number of benzene rings is 2. The molecular weight excluding hydrogens is 228 g/mol. The monoisotopic (exact) mass is 246 g/mol. The molecule has 0 aromatic heterocycles. The molecule has 0 N–H and O–H groups in total. The normalized spacial score (nSPS) is 17.7. The van der Waals surface area contributed by atoms with Crippen LogP contribution in [0.3, 0.4) is 0 Å². The van der Waals surface area contributed by atoms with Crippen LogP contribution in [0.1, 0.15) is 43.0 Å². The summed E-state index contributed by atoms with van der Waals surface area (Å²) in [6.45, 7) is 6.91. The minimum Gasteiger partial charge on any atom is -0.0683 e. The molecule has 0 fully saturated rings. The molecule has 2 aromatic rings. The molecule has 0 aliphatic heterocycles. The van der Waals surface area contributed by atoms with E-state index in [4.69, 9.17) is 0 Å². The van der Waals surface area contributed by atoms with Crippen LogP contribution in [0.5, 0.6) is 0 Å². The first-order valence-electron chi connectivity index (χ1n) is 7.02. The lowest BCUT2D eigenvalue weighted by Crippen LogP contribution is -2.15. The summed E-state index contributed by atoms with van der Waals surface area (Å²) in [5.74, 6) is 0. The van der Waals surface area contributed by atoms with Crippen molar-refractivity contribution >= 4 is 6.08 Å². The van der Waals surface area contributed by atoms with Gasteiger partial charge in [-0.25, -0.2) is 0 Å². The summed E-state index contributed by atoms with van der Waals surface area (Å²) < 4.78 is 0. The Kier molecular flexibility index (Phi) is 1.97. The highest BCUT2D eigenvalue weighted by atomic mass is 14.4. The average molecular weight is 246 g/mol. The van der Waals surface area contributed by atoms with Gasteiger partial charge in [0.1, 0.15) is 0 Å². The third-order valence-electron chi connectivity index (χ3n) is 4.71. The average Bonchev–Trinajstić information content (AvgIpc) is 2.85. The quantitative estimate of drug-likeness (QED) is 0.617. The molecule has 0 heteroatoms. The van der Waals surface area contributed by atoms with Crippen LogP contribution in [0.2, 0.25) is 0 Å². The van der Waals surface area contributed by atoms with Crippen LogP contribution in [0, 0.1) is 0 Å². The van der Waals surface area contributed by atoms with Crippen molar-refractivity contribution < 1.29 is 0 Å². The maximum absolute atomic E-state index is 2.42. The molecule has 0 saturated heterocycles. The Morgan fingerprint density at radius 2 is 1.74 bits per heavy atom. The molecule has 0 unspecified atom stereocenters. The van der Waals surface area contributed by atoms with Crippen molar-refractivity contribution in [3.63, 3.8) is 0 Å². The Morgan fingerprint density at radius 3 is 2.58 bits per heavy atom. The van der Waals surface area contributed by atoms with Gasteiger partial charge >= 0.3 is 0 Å². The van der Waals surface area contributed by atoms with Gasteiger partial charge in [-0.15, -0.1) is 0 Å². The van der Waals surface area contributed by atoms with E-state index in [2.05, 4.69) is 63.2 Å². The summed E-state index contributed by atoms with van der Waals surface area (Å²) in [7, 11) is 0. The topological polar surface area (TPSA) is 0 Å². The second-order valence-electron chi connectivity index (χ2n) is 6.43. The van der Waals surface area contributed by atoms with Crippen LogP contribution >= 0.6 is 0 Å². The molecule has 4 rings (SSSR count). The Morgan fingerprint density at radius 1 is 0.947 bits per heavy atom. The van der Waals surface area contributed by atoms with Crippen LogP contribution in [-0.4, -0.2) is 0 Å². The fourth-order valence-electron chi connectivity index (χ4n) is 3.71. The molecule has 2 aliphatic carbocycles. The zero-order valence-corrected chi connectivity index (χ0v) is 11.7. The van der Waals surface area contributed by atoms with E-state index < -0.39 is 0 Å². The van der Waals surface area contributed by atoms with E-state index in [1.165, 1.54) is 39.0 Å². The number of fused-ring (bicyclic) bond motifs is 4. The van der Waals surface area contributed by atoms with Crippen molar-refractivity contribution in [2.24, 2.45) is 0 Å². The van der Waals surface area contributed by atoms with E-state index in [1.807, 2.05) is 0 Å². The smallest absolute Gasteiger partial charge is 0.0159 e. The van der Waals surface area contributed by atoms with E-state index in [1.54, 1.807) is 0 Å². The Labute approximate surface area is 114 Å². The SMILES string of the molecule is CC1=Cc2cc3c(cc2C1)-c1ccccc1C3(C)C. The Hall–Kier alpha value is -1.82. The zero-order valence-electron chi connectivity index (χ0n) is 11.7. The highest BCUT2D eigenvalue weighted by Crippen LogP contribution is 2.50. The van der Waals surface area contributed by atoms with Crippen LogP contribution in [0.25, 0.3) is 17.2 Å². The second kappa shape index (κ2) is 3.39. The highest BCUT2D eigenvalue weighted by molar-refractivity contribution is 5.83. The lowest BCUT2D eigenvalue weighted by Gasteiger charge is -2.21. The molecule has 0 spiro atoms. The van der Waals surface area contributed by atoms with E-state index in [-0.39, 0.29) is 5.41 Å². The summed E-state index contributed by atoms with van der Waals surface area (Å²) in [5.41, 5.74) is 10.3. The maximum Gasteiger partial charge on any atom is 0.0159 e. The number of hydrogen-bond donors (Lipinski definition) is 0. The van der Waals surface area contributed by atoms with Gasteiger partial charge in [0.05, 0.1) is 0 Å². The first-order valence-corrected chi connectivity index (χ1v) is 7.02. The van der Waals surface area contributed by atoms with Gasteiger partial charge in [0, 0.05) is 5.41 Å². The van der Waals surface area contributed by atoms with Gasteiger partial charge in [0.25, 0.3) is 0 Å². The molecule has 0 bridgehead atoms. The molecule has 0 radical (unpaired) electrons. The highest BCUT2D eigenvalue weighted by Gasteiger charge is 2.35. The van der Waals surface area contributed by atoms with E-state index >= 15 is 0 Å². The summed E-state index contributed by atoms with van der Waals surface area (Å²) in [5, 5.41) is 0. The predicted octanol–water partition coefficient (Wildman–Crippen LogP) is 4.95. The molecule has 0 atom stereocenters. The molecule has 0 saturated carbocycles. The van der Waals surface area contributed by atoms with E-state index in [0.717, 1.165) is 6.42 Å². The maximum atomic E-state index is 2.42. The van der Waals surface area contributed by atoms with Gasteiger partial charge in [-0.05, 0) is 58.9 Å². The minimum atomic E-state index is 0.130. The van der Waals surface area contributed by atoms with Crippen molar-refractivity contribution in [1.29, 1.82) is 0 Å². The molecule has 19 heavy (non-hydrogen) atoms. The molecular formula is C19H18. The lowest BCUT2D eigenvalue weighted by molar-refractivity contribution is 0.660. The summed E-state index contributed by atoms with van der Waals surface area (Å²) in [6.07, 6.45) is 3.46. The molecule has 0 amide bonds. The number of hydrogen-bond acceptors (Lipinski definition) is 0. The second-order valence-corrected chi connectivity index (χ2v) is 6.43. The largest absolute Gasteiger partial charge is 0.0683 e. The first-order chi connectivity index (χ1) is 9.07. The zero-order chi connectivity index (χ0) is 13.2. The Bertz CT molecular complexity index is 730. The molecule has 2 aliphatic rings. The summed E-state index contributed by atoms with van der Waals surface area (Å²) in [4.78, 5) is 0. The van der Waals surface area contributed by atoms with Crippen LogP contribution in [0.4, 0.5) is 0 Å². The van der Waals surface area contributed by atoms with Crippen molar-refractivity contribution in [3.05, 3.63) is 64.2 Å². The van der Waals surface area contributed by atoms with Gasteiger partial charge in [0.15, 0.2) is 0 Å². The van der Waals surface area contributed by atoms with Gasteiger partial charge in [-0.3, -0.25) is 0 Å². The predicted molar refractivity (Wildman–Crippen MR) is 81.4 cm³/mol. The van der Waals surface area contributed by atoms with Crippen LogP contribution < -0.4 is 0 Å². The fourth-order valence-corrected chi connectivity index (χ4v) is 3.71. The van der Waals surface area contributed by atoms with Crippen molar-refractivity contribution in [2.45, 2.75) is 32.6 Å². The van der Waals surface area contributed by atoms with Crippen molar-refractivity contribution in [1.82, 2.24) is 0 Å². The van der Waals surface area contributed by atoms with Crippen molar-refractivity contribution in [3.8, 4) is 11.1 Å². The van der Waals surface area contributed by atoms with Gasteiger partial charge in [0.2, 0.25) is 0 Å². The van der Waals surface area contributed by atoms with Crippen LogP contribution in [-0.2, 0) is 11.8 Å². The minimum absolute atomic E-state index is 0.130. The van der Waals surface area contributed by atoms with Gasteiger partial charge < -0.3 is 0 Å². The van der Waals surface area contributed by atoms with Gasteiger partial charge in [-0.2, -0.15) is 0 Å². The van der Waals surface area contributed by atoms with Gasteiger partial charge in [-0.1, -0.05) is 49.8 Å². The molecule has 2 aromatic carbocycles. The summed E-state index contributed by atoms with van der Waals surface area (Å²) in [6, 6.07) is 13.7. The lowest BCUT2D eigenvalue weighted by atomic mass is 9.82. The summed E-state index contributed by atoms with van der Waals surface area (Å²) >= 11 is 0. The van der Waals surface area contributed by atoms with E-state index in [0.29, 0.717) is 0 Å².